The van der Waals surface area contributed by atoms with Crippen LogP contribution in [0.2, 0.25) is 0 Å². The van der Waals surface area contributed by atoms with E-state index in [-0.39, 0.29) is 5.82 Å². The van der Waals surface area contributed by atoms with Crippen LogP contribution in [0.3, 0.4) is 0 Å². The molecule has 2 rings (SSSR count). The Bertz CT molecular complexity index is 520. The van der Waals surface area contributed by atoms with Gasteiger partial charge in [-0.1, -0.05) is 24.3 Å². The molecule has 0 amide bonds. The summed E-state index contributed by atoms with van der Waals surface area (Å²) in [6.07, 6.45) is 1.63. The van der Waals surface area contributed by atoms with Gasteiger partial charge in [0.2, 0.25) is 0 Å². The molecule has 2 aromatic carbocycles. The summed E-state index contributed by atoms with van der Waals surface area (Å²) in [5.41, 5.74) is 2.12. The van der Waals surface area contributed by atoms with Crippen molar-refractivity contribution in [3.8, 4) is 5.75 Å². The lowest BCUT2D eigenvalue weighted by molar-refractivity contribution is 0.165. The molecular weight excluding hydrogens is 255 g/mol. The van der Waals surface area contributed by atoms with E-state index in [0.717, 1.165) is 17.7 Å². The van der Waals surface area contributed by atoms with E-state index in [9.17, 15) is 9.50 Å². The van der Waals surface area contributed by atoms with Crippen LogP contribution in [-0.2, 0) is 12.8 Å². The van der Waals surface area contributed by atoms with Crippen molar-refractivity contribution in [2.24, 2.45) is 0 Å². The predicted molar refractivity (Wildman–Crippen MR) is 77.4 cm³/mol. The average molecular weight is 274 g/mol. The van der Waals surface area contributed by atoms with Gasteiger partial charge in [-0.25, -0.2) is 4.39 Å². The highest BCUT2D eigenvalue weighted by Crippen LogP contribution is 2.14. The number of ether oxygens (including phenoxy) is 1. The van der Waals surface area contributed by atoms with Crippen molar-refractivity contribution in [3.05, 3.63) is 65.5 Å². The fourth-order valence-corrected chi connectivity index (χ4v) is 2.12. The molecule has 1 unspecified atom stereocenters. The zero-order valence-electron chi connectivity index (χ0n) is 11.6. The summed E-state index contributed by atoms with van der Waals surface area (Å²) in [5.74, 6) is 0.585. The van der Waals surface area contributed by atoms with Crippen LogP contribution < -0.4 is 4.74 Å². The van der Waals surface area contributed by atoms with Crippen molar-refractivity contribution in [1.29, 1.82) is 0 Å². The molecule has 0 aliphatic rings. The first-order valence-corrected chi connectivity index (χ1v) is 6.73. The van der Waals surface area contributed by atoms with Gasteiger partial charge in [0.15, 0.2) is 0 Å². The first kappa shape index (κ1) is 14.5. The van der Waals surface area contributed by atoms with Crippen LogP contribution in [0.5, 0.6) is 5.75 Å². The number of benzene rings is 2. The summed E-state index contributed by atoms with van der Waals surface area (Å²) in [6.45, 7) is 0. The van der Waals surface area contributed by atoms with Crippen LogP contribution in [-0.4, -0.2) is 18.3 Å². The van der Waals surface area contributed by atoms with Crippen LogP contribution in [0.4, 0.5) is 4.39 Å². The second-order valence-electron chi connectivity index (χ2n) is 4.87. The smallest absolute Gasteiger partial charge is 0.123 e. The number of aryl methyl sites for hydroxylation is 1. The lowest BCUT2D eigenvalue weighted by Crippen LogP contribution is -2.11. The van der Waals surface area contributed by atoms with Gasteiger partial charge in [0.05, 0.1) is 13.2 Å². The Hall–Kier alpha value is -1.87. The van der Waals surface area contributed by atoms with Gasteiger partial charge < -0.3 is 9.84 Å². The van der Waals surface area contributed by atoms with Gasteiger partial charge in [0, 0.05) is 0 Å². The average Bonchev–Trinajstić information content (AvgIpc) is 2.48. The highest BCUT2D eigenvalue weighted by Gasteiger charge is 2.06. The molecule has 106 valence electrons. The van der Waals surface area contributed by atoms with Crippen molar-refractivity contribution in [3.63, 3.8) is 0 Å². The molecule has 0 radical (unpaired) electrons. The molecule has 0 fully saturated rings. The van der Waals surface area contributed by atoms with Gasteiger partial charge in [-0.15, -0.1) is 0 Å². The molecule has 1 atom stereocenters. The molecule has 2 nitrogen and oxygen atoms in total. The van der Waals surface area contributed by atoms with Gasteiger partial charge >= 0.3 is 0 Å². The standard InChI is InChI=1S/C17H19FO2/c1-20-17-10-5-13(6-11-17)4-9-16(19)12-14-2-7-15(18)8-3-14/h2-3,5-8,10-11,16,19H,4,9,12H2,1H3. The molecule has 0 bridgehead atoms. The SMILES string of the molecule is COc1ccc(CCC(O)Cc2ccc(F)cc2)cc1. The van der Waals surface area contributed by atoms with E-state index in [1.54, 1.807) is 19.2 Å². The Balaban J connectivity index is 1.82. The van der Waals surface area contributed by atoms with Crippen molar-refractivity contribution >= 4 is 0 Å². The molecule has 1 N–H and O–H groups in total. The summed E-state index contributed by atoms with van der Waals surface area (Å²) >= 11 is 0. The molecular formula is C17H19FO2. The molecule has 0 aliphatic heterocycles. The monoisotopic (exact) mass is 274 g/mol. The second kappa shape index (κ2) is 7.06. The maximum Gasteiger partial charge on any atom is 0.123 e. The van der Waals surface area contributed by atoms with Crippen molar-refractivity contribution in [2.75, 3.05) is 7.11 Å². The number of rotatable bonds is 6. The lowest BCUT2D eigenvalue weighted by Gasteiger charge is -2.11. The largest absolute Gasteiger partial charge is 0.497 e. The molecule has 0 spiro atoms. The van der Waals surface area contributed by atoms with Gasteiger partial charge in [-0.3, -0.25) is 0 Å². The first-order chi connectivity index (χ1) is 9.67. The van der Waals surface area contributed by atoms with Crippen LogP contribution >= 0.6 is 0 Å². The van der Waals surface area contributed by atoms with E-state index in [1.807, 2.05) is 24.3 Å². The molecule has 3 heteroatoms. The van der Waals surface area contributed by atoms with Crippen LogP contribution in [0, 0.1) is 5.82 Å². The molecule has 20 heavy (non-hydrogen) atoms. The number of halogens is 1. The maximum atomic E-state index is 12.8. The number of hydrogen-bond donors (Lipinski definition) is 1. The van der Waals surface area contributed by atoms with Crippen LogP contribution in [0.1, 0.15) is 17.5 Å². The van der Waals surface area contributed by atoms with E-state index < -0.39 is 6.10 Å². The highest BCUT2D eigenvalue weighted by molar-refractivity contribution is 5.27. The van der Waals surface area contributed by atoms with Crippen molar-refractivity contribution in [1.82, 2.24) is 0 Å². The summed E-state index contributed by atoms with van der Waals surface area (Å²) in [7, 11) is 1.64. The van der Waals surface area contributed by atoms with E-state index in [4.69, 9.17) is 4.74 Å². The number of aliphatic hydroxyl groups is 1. The molecule has 2 aromatic rings. The third-order valence-electron chi connectivity index (χ3n) is 3.31. The maximum absolute atomic E-state index is 12.8. The Labute approximate surface area is 118 Å². The van der Waals surface area contributed by atoms with E-state index >= 15 is 0 Å². The van der Waals surface area contributed by atoms with Crippen LogP contribution in [0.15, 0.2) is 48.5 Å². The minimum Gasteiger partial charge on any atom is -0.497 e. The summed E-state index contributed by atoms with van der Waals surface area (Å²) in [4.78, 5) is 0. The zero-order valence-corrected chi connectivity index (χ0v) is 11.6. The second-order valence-corrected chi connectivity index (χ2v) is 4.87. The van der Waals surface area contributed by atoms with Gasteiger partial charge in [0.1, 0.15) is 11.6 Å². The third kappa shape index (κ3) is 4.35. The summed E-state index contributed by atoms with van der Waals surface area (Å²) in [6, 6.07) is 14.1. The summed E-state index contributed by atoms with van der Waals surface area (Å²) < 4.78 is 17.9. The third-order valence-corrected chi connectivity index (χ3v) is 3.31. The van der Waals surface area contributed by atoms with Gasteiger partial charge in [0.25, 0.3) is 0 Å². The predicted octanol–water partition coefficient (Wildman–Crippen LogP) is 3.37. The number of aliphatic hydroxyl groups excluding tert-OH is 1. The summed E-state index contributed by atoms with van der Waals surface area (Å²) in [5, 5.41) is 10.0. The highest BCUT2D eigenvalue weighted by atomic mass is 19.1. The lowest BCUT2D eigenvalue weighted by atomic mass is 10.0. The Morgan fingerprint density at radius 2 is 1.60 bits per heavy atom. The van der Waals surface area contributed by atoms with Crippen molar-refractivity contribution < 1.29 is 14.2 Å². The van der Waals surface area contributed by atoms with Crippen molar-refractivity contribution in [2.45, 2.75) is 25.4 Å². The normalized spacial score (nSPS) is 12.2. The molecule has 0 aliphatic carbocycles. The zero-order chi connectivity index (χ0) is 14.4. The number of methoxy groups -OCH3 is 1. The quantitative estimate of drug-likeness (QED) is 0.875. The molecule has 0 saturated carbocycles. The molecule has 0 heterocycles. The molecule has 0 saturated heterocycles. The number of hydrogen-bond acceptors (Lipinski definition) is 2. The topological polar surface area (TPSA) is 29.5 Å². The van der Waals surface area contributed by atoms with E-state index in [1.165, 1.54) is 17.7 Å². The van der Waals surface area contributed by atoms with Gasteiger partial charge in [-0.2, -0.15) is 0 Å². The molecule has 0 aromatic heterocycles. The fourth-order valence-electron chi connectivity index (χ4n) is 2.12. The minimum absolute atomic E-state index is 0.249. The van der Waals surface area contributed by atoms with E-state index in [2.05, 4.69) is 0 Å². The minimum atomic E-state index is -0.414. The van der Waals surface area contributed by atoms with E-state index in [0.29, 0.717) is 12.8 Å². The van der Waals surface area contributed by atoms with Gasteiger partial charge in [-0.05, 0) is 54.7 Å². The first-order valence-electron chi connectivity index (χ1n) is 6.73. The fraction of sp³-hybridized carbons (Fsp3) is 0.294. The van der Waals surface area contributed by atoms with Crippen LogP contribution in [0.25, 0.3) is 0 Å². The Kier molecular flexibility index (Phi) is 5.13. The Morgan fingerprint density at radius 3 is 2.20 bits per heavy atom. The Morgan fingerprint density at radius 1 is 1.00 bits per heavy atom.